The van der Waals surface area contributed by atoms with Crippen LogP contribution in [0.4, 0.5) is 22.7 Å². The van der Waals surface area contributed by atoms with Crippen molar-refractivity contribution in [1.82, 2.24) is 0 Å². The fraction of sp³-hybridized carbons (Fsp3) is 0.0638. The Balaban J connectivity index is 1.01. The topological polar surface area (TPSA) is 6.48 Å². The first-order valence-corrected chi connectivity index (χ1v) is 17.1. The molecule has 234 valence electrons. The lowest BCUT2D eigenvalue weighted by molar-refractivity contribution is 0.756. The minimum absolute atomic E-state index is 0.300. The van der Waals surface area contributed by atoms with Crippen molar-refractivity contribution in [3.05, 3.63) is 188 Å². The maximum Gasteiger partial charge on any atom is 0.0540 e. The van der Waals surface area contributed by atoms with Gasteiger partial charge in [-0.25, -0.2) is 0 Å². The average Bonchev–Trinajstić information content (AvgIpc) is 3.17. The van der Waals surface area contributed by atoms with Crippen LogP contribution >= 0.6 is 0 Å². The normalized spacial score (nSPS) is 14.4. The summed E-state index contributed by atoms with van der Waals surface area (Å²) in [6, 6.07) is 59.9. The molecule has 1 aliphatic carbocycles. The van der Waals surface area contributed by atoms with Crippen LogP contribution in [0, 0.1) is 0 Å². The van der Waals surface area contributed by atoms with Gasteiger partial charge in [-0.3, -0.25) is 0 Å². The standard InChI is InChI=1S/C47H36N2/c1-48(43-29-24-39-30-37-12-2-3-13-38(37)31-40(39)32-43)41-25-20-33(21-26-41)34-22-27-42(28-23-34)49(46-18-8-14-35-10-4-6-16-44(35)46)47-19-9-15-36-11-5-7-17-45(36)47/h2-25,27-32,41H,26H2,1H3. The molecule has 0 heterocycles. The molecule has 8 aromatic rings. The third-order valence-electron chi connectivity index (χ3n) is 10.1. The van der Waals surface area contributed by atoms with Crippen LogP contribution in [0.3, 0.4) is 0 Å². The summed E-state index contributed by atoms with van der Waals surface area (Å²) in [6.45, 7) is 0. The molecule has 9 rings (SSSR count). The highest BCUT2D eigenvalue weighted by molar-refractivity contribution is 6.05. The molecule has 0 saturated heterocycles. The highest BCUT2D eigenvalue weighted by Crippen LogP contribution is 2.42. The van der Waals surface area contributed by atoms with Crippen molar-refractivity contribution in [2.75, 3.05) is 16.8 Å². The Morgan fingerprint density at radius 1 is 0.469 bits per heavy atom. The smallest absolute Gasteiger partial charge is 0.0540 e. The zero-order chi connectivity index (χ0) is 32.7. The van der Waals surface area contributed by atoms with Crippen LogP contribution in [-0.4, -0.2) is 13.1 Å². The lowest BCUT2D eigenvalue weighted by atomic mass is 9.95. The number of likely N-dealkylation sites (N-methyl/N-ethyl adjacent to an activating group) is 1. The predicted octanol–water partition coefficient (Wildman–Crippen LogP) is 12.6. The minimum atomic E-state index is 0.300. The zero-order valence-corrected chi connectivity index (χ0v) is 27.5. The quantitative estimate of drug-likeness (QED) is 0.169. The molecule has 0 aromatic heterocycles. The molecule has 0 amide bonds. The second kappa shape index (κ2) is 12.2. The number of nitrogens with zero attached hydrogens (tertiary/aromatic N) is 2. The lowest BCUT2D eigenvalue weighted by Crippen LogP contribution is -2.30. The van der Waals surface area contributed by atoms with E-state index >= 15 is 0 Å². The number of rotatable bonds is 6. The number of fused-ring (bicyclic) bond motifs is 4. The maximum absolute atomic E-state index is 2.41. The highest BCUT2D eigenvalue weighted by atomic mass is 15.1. The van der Waals surface area contributed by atoms with Crippen molar-refractivity contribution < 1.29 is 0 Å². The third kappa shape index (κ3) is 5.32. The highest BCUT2D eigenvalue weighted by Gasteiger charge is 2.19. The van der Waals surface area contributed by atoms with E-state index in [0.29, 0.717) is 6.04 Å². The zero-order valence-electron chi connectivity index (χ0n) is 27.5. The van der Waals surface area contributed by atoms with E-state index in [0.717, 1.165) is 12.1 Å². The van der Waals surface area contributed by atoms with Crippen LogP contribution in [0.5, 0.6) is 0 Å². The van der Waals surface area contributed by atoms with Crippen molar-refractivity contribution >= 4 is 71.4 Å². The van der Waals surface area contributed by atoms with Gasteiger partial charge in [0.2, 0.25) is 0 Å². The van der Waals surface area contributed by atoms with E-state index in [1.807, 2.05) is 0 Å². The van der Waals surface area contributed by atoms with E-state index in [9.17, 15) is 0 Å². The van der Waals surface area contributed by atoms with E-state index < -0.39 is 0 Å². The molecule has 0 radical (unpaired) electrons. The molecule has 49 heavy (non-hydrogen) atoms. The first-order chi connectivity index (χ1) is 24.2. The van der Waals surface area contributed by atoms with Crippen molar-refractivity contribution in [2.24, 2.45) is 0 Å². The Morgan fingerprint density at radius 2 is 1.00 bits per heavy atom. The largest absolute Gasteiger partial charge is 0.368 e. The first-order valence-electron chi connectivity index (χ1n) is 17.1. The second-order valence-electron chi connectivity index (χ2n) is 13.0. The van der Waals surface area contributed by atoms with Gasteiger partial charge in [0.05, 0.1) is 17.4 Å². The fourth-order valence-corrected chi connectivity index (χ4v) is 7.47. The van der Waals surface area contributed by atoms with E-state index in [4.69, 9.17) is 0 Å². The summed E-state index contributed by atoms with van der Waals surface area (Å²) in [4.78, 5) is 4.81. The molecule has 0 saturated carbocycles. The van der Waals surface area contributed by atoms with Crippen molar-refractivity contribution in [3.8, 4) is 0 Å². The van der Waals surface area contributed by atoms with Gasteiger partial charge >= 0.3 is 0 Å². The van der Waals surface area contributed by atoms with Crippen LogP contribution in [0.2, 0.25) is 0 Å². The van der Waals surface area contributed by atoms with Gasteiger partial charge in [-0.1, -0.05) is 133 Å². The Bertz CT molecular complexity index is 2470. The SMILES string of the molecule is CN(c1ccc2cc3ccccc3cc2c1)C1C=CC(c2ccc(N(c3cccc4ccccc34)c3cccc4ccccc34)cc2)=CC1. The minimum Gasteiger partial charge on any atom is -0.368 e. The first kappa shape index (κ1) is 29.1. The van der Waals surface area contributed by atoms with Crippen LogP contribution in [-0.2, 0) is 0 Å². The molecule has 2 heteroatoms. The molecule has 2 nitrogen and oxygen atoms in total. The van der Waals surface area contributed by atoms with Gasteiger partial charge in [-0.05, 0) is 98.4 Å². The number of hydrogen-bond acceptors (Lipinski definition) is 2. The van der Waals surface area contributed by atoms with E-state index in [2.05, 4.69) is 199 Å². The van der Waals surface area contributed by atoms with Crippen molar-refractivity contribution in [2.45, 2.75) is 12.5 Å². The summed E-state index contributed by atoms with van der Waals surface area (Å²) < 4.78 is 0. The molecule has 1 aliphatic rings. The van der Waals surface area contributed by atoms with Crippen LogP contribution < -0.4 is 9.80 Å². The van der Waals surface area contributed by atoms with Gasteiger partial charge in [0.25, 0.3) is 0 Å². The van der Waals surface area contributed by atoms with Gasteiger partial charge in [-0.2, -0.15) is 0 Å². The van der Waals surface area contributed by atoms with E-state index in [1.165, 1.54) is 71.3 Å². The number of hydrogen-bond donors (Lipinski definition) is 0. The summed E-state index contributed by atoms with van der Waals surface area (Å²) in [5.74, 6) is 0. The molecule has 0 bridgehead atoms. The van der Waals surface area contributed by atoms with Crippen molar-refractivity contribution in [1.29, 1.82) is 0 Å². The molecule has 0 fully saturated rings. The molecular weight excluding hydrogens is 593 g/mol. The summed E-state index contributed by atoms with van der Waals surface area (Å²) in [5, 5.41) is 10.0. The van der Waals surface area contributed by atoms with Crippen LogP contribution in [0.1, 0.15) is 12.0 Å². The summed E-state index contributed by atoms with van der Waals surface area (Å²) in [6.07, 6.45) is 7.99. The van der Waals surface area contributed by atoms with E-state index in [1.54, 1.807) is 0 Å². The molecular formula is C47H36N2. The number of benzene rings is 8. The number of anilines is 4. The Morgan fingerprint density at radius 3 is 1.61 bits per heavy atom. The molecule has 0 spiro atoms. The monoisotopic (exact) mass is 628 g/mol. The van der Waals surface area contributed by atoms with Gasteiger partial charge in [0.15, 0.2) is 0 Å². The van der Waals surface area contributed by atoms with Gasteiger partial charge < -0.3 is 9.80 Å². The molecule has 1 unspecified atom stereocenters. The maximum atomic E-state index is 2.41. The number of allylic oxidation sites excluding steroid dienone is 2. The summed E-state index contributed by atoms with van der Waals surface area (Å²) >= 11 is 0. The van der Waals surface area contributed by atoms with Crippen LogP contribution in [0.25, 0.3) is 48.7 Å². The van der Waals surface area contributed by atoms with Gasteiger partial charge in [0.1, 0.15) is 0 Å². The second-order valence-corrected chi connectivity index (χ2v) is 13.0. The van der Waals surface area contributed by atoms with E-state index in [-0.39, 0.29) is 0 Å². The predicted molar refractivity (Wildman–Crippen MR) is 212 cm³/mol. The lowest BCUT2D eigenvalue weighted by Gasteiger charge is -2.30. The van der Waals surface area contributed by atoms with Crippen LogP contribution in [0.15, 0.2) is 182 Å². The van der Waals surface area contributed by atoms with Gasteiger partial charge in [-0.15, -0.1) is 0 Å². The summed E-state index contributed by atoms with van der Waals surface area (Å²) in [5.41, 5.74) is 7.22. The van der Waals surface area contributed by atoms with Crippen molar-refractivity contribution in [3.63, 3.8) is 0 Å². The Kier molecular flexibility index (Phi) is 7.21. The molecule has 0 aliphatic heterocycles. The van der Waals surface area contributed by atoms with Gasteiger partial charge in [0, 0.05) is 29.2 Å². The average molecular weight is 629 g/mol. The fourth-order valence-electron chi connectivity index (χ4n) is 7.47. The molecule has 8 aromatic carbocycles. The summed E-state index contributed by atoms with van der Waals surface area (Å²) in [7, 11) is 2.21. The Labute approximate surface area is 287 Å². The molecule has 0 N–H and O–H groups in total. The molecule has 1 atom stereocenters. The third-order valence-corrected chi connectivity index (χ3v) is 10.1. The Hall–Kier alpha value is -6.12.